The summed E-state index contributed by atoms with van der Waals surface area (Å²) in [6.45, 7) is 2.80. The first-order chi connectivity index (χ1) is 10.2. The number of hydrogen-bond acceptors (Lipinski definition) is 6. The Bertz CT molecular complexity index is 674. The Morgan fingerprint density at radius 1 is 1.50 bits per heavy atom. The van der Waals surface area contributed by atoms with E-state index in [-0.39, 0.29) is 16.5 Å². The maximum atomic E-state index is 11.8. The number of primary sulfonamides is 1. The van der Waals surface area contributed by atoms with E-state index in [4.69, 9.17) is 5.14 Å². The highest BCUT2D eigenvalue weighted by Crippen LogP contribution is 2.32. The first kappa shape index (κ1) is 16.7. The molecule has 1 aromatic carbocycles. The summed E-state index contributed by atoms with van der Waals surface area (Å²) >= 11 is 0. The number of nitro benzene ring substituents is 1. The largest absolute Gasteiger partial charge is 0.393 e. The third-order valence-electron chi connectivity index (χ3n) is 3.94. The van der Waals surface area contributed by atoms with Crippen molar-refractivity contribution in [2.75, 3.05) is 18.0 Å². The van der Waals surface area contributed by atoms with E-state index in [0.717, 1.165) is 18.9 Å². The number of nitrogens with zero attached hydrogens (tertiary/aromatic N) is 2. The van der Waals surface area contributed by atoms with Crippen LogP contribution in [0.3, 0.4) is 0 Å². The summed E-state index contributed by atoms with van der Waals surface area (Å²) in [4.78, 5) is 11.7. The van der Waals surface area contributed by atoms with Crippen molar-refractivity contribution >= 4 is 21.4 Å². The lowest BCUT2D eigenvalue weighted by molar-refractivity contribution is -0.385. The van der Waals surface area contributed by atoms with Crippen LogP contribution in [-0.2, 0) is 10.0 Å². The van der Waals surface area contributed by atoms with Gasteiger partial charge in [-0.3, -0.25) is 10.1 Å². The zero-order chi connectivity index (χ0) is 16.5. The fraction of sp³-hybridized carbons (Fsp3) is 0.538. The molecular weight excluding hydrogens is 310 g/mol. The molecule has 1 fully saturated rings. The van der Waals surface area contributed by atoms with Crippen molar-refractivity contribution < 1.29 is 18.4 Å². The molecule has 1 aliphatic rings. The van der Waals surface area contributed by atoms with Crippen LogP contribution < -0.4 is 10.0 Å². The molecule has 1 heterocycles. The Balaban J connectivity index is 2.44. The van der Waals surface area contributed by atoms with Crippen LogP contribution >= 0.6 is 0 Å². The third kappa shape index (κ3) is 3.54. The minimum absolute atomic E-state index is 0.0253. The number of nitro groups is 1. The molecule has 0 bridgehead atoms. The number of hydrogen-bond donors (Lipinski definition) is 2. The van der Waals surface area contributed by atoms with E-state index >= 15 is 0 Å². The lowest BCUT2D eigenvalue weighted by Gasteiger charge is -2.36. The van der Waals surface area contributed by atoms with Crippen molar-refractivity contribution in [1.29, 1.82) is 0 Å². The van der Waals surface area contributed by atoms with Crippen LogP contribution in [0.1, 0.15) is 19.8 Å². The fourth-order valence-corrected chi connectivity index (χ4v) is 3.50. The molecule has 2 rings (SSSR count). The van der Waals surface area contributed by atoms with E-state index in [1.807, 2.05) is 4.90 Å². The van der Waals surface area contributed by atoms with Crippen molar-refractivity contribution in [1.82, 2.24) is 0 Å². The van der Waals surface area contributed by atoms with Crippen molar-refractivity contribution in [2.24, 2.45) is 11.1 Å². The van der Waals surface area contributed by atoms with E-state index in [9.17, 15) is 23.6 Å². The number of benzene rings is 1. The summed E-state index contributed by atoms with van der Waals surface area (Å²) in [6.07, 6.45) is 1.15. The van der Waals surface area contributed by atoms with Crippen molar-refractivity contribution in [3.8, 4) is 0 Å². The number of rotatable bonds is 4. The summed E-state index contributed by atoms with van der Waals surface area (Å²) in [7, 11) is -4.09. The van der Waals surface area contributed by atoms with E-state index in [1.165, 1.54) is 12.1 Å². The van der Waals surface area contributed by atoms with Gasteiger partial charge in [0.1, 0.15) is 4.90 Å². The van der Waals surface area contributed by atoms with Gasteiger partial charge in [0, 0.05) is 31.1 Å². The molecule has 122 valence electrons. The van der Waals surface area contributed by atoms with Crippen molar-refractivity contribution in [3.05, 3.63) is 28.3 Å². The maximum absolute atomic E-state index is 11.8. The molecule has 9 heteroatoms. The van der Waals surface area contributed by atoms with Gasteiger partial charge in [-0.1, -0.05) is 0 Å². The number of non-ortho nitro benzene ring substituents is 1. The zero-order valence-electron chi connectivity index (χ0n) is 12.2. The number of sulfonamides is 1. The minimum Gasteiger partial charge on any atom is -0.393 e. The van der Waals surface area contributed by atoms with Crippen LogP contribution in [0.5, 0.6) is 0 Å². The number of piperidine rings is 1. The van der Waals surface area contributed by atoms with E-state index < -0.39 is 21.1 Å². The molecule has 1 aliphatic heterocycles. The Hall–Kier alpha value is -1.71. The molecule has 2 atom stereocenters. The van der Waals surface area contributed by atoms with Gasteiger partial charge in [-0.05, 0) is 25.8 Å². The number of aliphatic hydroxyl groups excluding tert-OH is 1. The first-order valence-electron chi connectivity index (χ1n) is 6.94. The zero-order valence-corrected chi connectivity index (χ0v) is 13.0. The Kier molecular flexibility index (Phi) is 4.69. The molecule has 3 N–H and O–H groups in total. The van der Waals surface area contributed by atoms with Gasteiger partial charge in [-0.2, -0.15) is 0 Å². The highest BCUT2D eigenvalue weighted by molar-refractivity contribution is 7.89. The molecular formula is C13H19N3O5S. The average molecular weight is 329 g/mol. The quantitative estimate of drug-likeness (QED) is 0.622. The predicted molar refractivity (Wildman–Crippen MR) is 81.1 cm³/mol. The third-order valence-corrected chi connectivity index (χ3v) is 4.88. The highest BCUT2D eigenvalue weighted by atomic mass is 32.2. The van der Waals surface area contributed by atoms with Crippen molar-refractivity contribution in [2.45, 2.75) is 30.8 Å². The normalized spacial score (nSPS) is 20.7. The second kappa shape index (κ2) is 6.19. The lowest BCUT2D eigenvalue weighted by Crippen LogP contribution is -2.40. The second-order valence-corrected chi connectivity index (χ2v) is 7.07. The average Bonchev–Trinajstić information content (AvgIpc) is 2.45. The van der Waals surface area contributed by atoms with Crippen molar-refractivity contribution in [3.63, 3.8) is 0 Å². The Morgan fingerprint density at radius 3 is 2.73 bits per heavy atom. The van der Waals surface area contributed by atoms with E-state index in [2.05, 4.69) is 0 Å². The first-order valence-corrected chi connectivity index (χ1v) is 8.49. The smallest absolute Gasteiger partial charge is 0.270 e. The Labute approximate surface area is 128 Å². The van der Waals surface area contributed by atoms with Gasteiger partial charge in [0.2, 0.25) is 10.0 Å². The summed E-state index contributed by atoms with van der Waals surface area (Å²) in [6, 6.07) is 3.65. The topological polar surface area (TPSA) is 127 Å². The number of aliphatic hydroxyl groups is 1. The molecule has 0 aliphatic carbocycles. The van der Waals surface area contributed by atoms with Crippen LogP contribution in [0.4, 0.5) is 11.4 Å². The SMILES string of the molecule is CC(O)C1CCCN(c2ccc([N+](=O)[O-])cc2S(N)(=O)=O)C1. The van der Waals surface area contributed by atoms with Crippen LogP contribution in [0.2, 0.25) is 0 Å². The van der Waals surface area contributed by atoms with Crippen LogP contribution in [0.25, 0.3) is 0 Å². The predicted octanol–water partition coefficient (Wildman–Crippen LogP) is 0.839. The van der Waals surface area contributed by atoms with Gasteiger partial charge in [-0.15, -0.1) is 0 Å². The molecule has 22 heavy (non-hydrogen) atoms. The molecule has 1 aromatic rings. The second-order valence-electron chi connectivity index (χ2n) is 5.54. The van der Waals surface area contributed by atoms with Gasteiger partial charge in [-0.25, -0.2) is 13.6 Å². The lowest BCUT2D eigenvalue weighted by atomic mass is 9.93. The number of anilines is 1. The molecule has 0 amide bonds. The molecule has 0 radical (unpaired) electrons. The van der Waals surface area contributed by atoms with Crippen LogP contribution in [0, 0.1) is 16.0 Å². The fourth-order valence-electron chi connectivity index (χ4n) is 2.73. The summed E-state index contributed by atoms with van der Waals surface area (Å²) in [5.74, 6) is 0.0253. The number of nitrogens with two attached hydrogens (primary N) is 1. The molecule has 1 saturated heterocycles. The van der Waals surface area contributed by atoms with E-state index in [1.54, 1.807) is 6.92 Å². The molecule has 0 spiro atoms. The monoisotopic (exact) mass is 329 g/mol. The molecule has 0 saturated carbocycles. The molecule has 0 aromatic heterocycles. The van der Waals surface area contributed by atoms with Gasteiger partial charge in [0.25, 0.3) is 5.69 Å². The highest BCUT2D eigenvalue weighted by Gasteiger charge is 2.28. The Morgan fingerprint density at radius 2 is 2.18 bits per heavy atom. The maximum Gasteiger partial charge on any atom is 0.270 e. The van der Waals surface area contributed by atoms with E-state index in [0.29, 0.717) is 18.8 Å². The molecule has 2 unspecified atom stereocenters. The van der Waals surface area contributed by atoms with Gasteiger partial charge in [0.05, 0.1) is 16.7 Å². The standard InChI is InChI=1S/C13H19N3O5S/c1-9(17)10-3-2-6-15(8-10)12-5-4-11(16(18)19)7-13(12)22(14,20)21/h4-5,7,9-10,17H,2-3,6,8H2,1H3,(H2,14,20,21). The minimum atomic E-state index is -4.09. The molecule has 8 nitrogen and oxygen atoms in total. The van der Waals surface area contributed by atoms with Crippen LogP contribution in [0.15, 0.2) is 23.1 Å². The van der Waals surface area contributed by atoms with Gasteiger partial charge >= 0.3 is 0 Å². The summed E-state index contributed by atoms with van der Waals surface area (Å²) in [5.41, 5.74) is 0.0234. The summed E-state index contributed by atoms with van der Waals surface area (Å²) < 4.78 is 23.5. The van der Waals surface area contributed by atoms with Gasteiger partial charge in [0.15, 0.2) is 0 Å². The van der Waals surface area contributed by atoms with Crippen LogP contribution in [-0.4, -0.2) is 37.6 Å². The van der Waals surface area contributed by atoms with Gasteiger partial charge < -0.3 is 10.0 Å². The summed E-state index contributed by atoms with van der Waals surface area (Å²) in [5, 5.41) is 25.8.